The third-order valence-electron chi connectivity index (χ3n) is 5.67. The number of amides is 2. The summed E-state index contributed by atoms with van der Waals surface area (Å²) in [4.78, 5) is 39.9. The number of nitrogens with one attached hydrogen (secondary N) is 1. The van der Waals surface area contributed by atoms with Crippen LogP contribution >= 0.6 is 0 Å². The van der Waals surface area contributed by atoms with Crippen LogP contribution in [0.2, 0.25) is 0 Å². The van der Waals surface area contributed by atoms with E-state index in [1.54, 1.807) is 9.80 Å². The van der Waals surface area contributed by atoms with Gasteiger partial charge in [-0.05, 0) is 49.4 Å². The second-order valence-electron chi connectivity index (χ2n) is 7.62. The molecule has 1 N–H and O–H groups in total. The van der Waals surface area contributed by atoms with Gasteiger partial charge in [0.1, 0.15) is 5.56 Å². The highest BCUT2D eigenvalue weighted by Crippen LogP contribution is 2.28. The molecule has 2 amide bonds. The highest BCUT2D eigenvalue weighted by molar-refractivity contribution is 6.00. The molecule has 0 atom stereocenters. The van der Waals surface area contributed by atoms with Gasteiger partial charge < -0.3 is 15.1 Å². The summed E-state index contributed by atoms with van der Waals surface area (Å²) in [6, 6.07) is 12.2. The minimum Gasteiger partial charge on any atom is -0.376 e. The van der Waals surface area contributed by atoms with Crippen molar-refractivity contribution in [3.63, 3.8) is 0 Å². The highest BCUT2D eigenvalue weighted by Gasteiger charge is 2.27. The van der Waals surface area contributed by atoms with Gasteiger partial charge in [-0.2, -0.15) is 0 Å². The lowest BCUT2D eigenvalue weighted by molar-refractivity contribution is -0.385. The number of fused-ring (bicyclic) bond motifs is 1. The number of para-hydroxylation sites is 1. The second-order valence-corrected chi connectivity index (χ2v) is 7.62. The third kappa shape index (κ3) is 3.98. The number of hydrogen-bond donors (Lipinski definition) is 1. The predicted octanol–water partition coefficient (Wildman–Crippen LogP) is 3.22. The maximum Gasteiger partial charge on any atom is 0.282 e. The van der Waals surface area contributed by atoms with Gasteiger partial charge in [0, 0.05) is 37.1 Å². The van der Waals surface area contributed by atoms with Gasteiger partial charge in [-0.25, -0.2) is 0 Å². The topological polar surface area (TPSA) is 95.8 Å². The fourth-order valence-electron chi connectivity index (χ4n) is 4.13. The first-order valence-corrected chi connectivity index (χ1v) is 10.2. The van der Waals surface area contributed by atoms with Crippen LogP contribution in [0.15, 0.2) is 42.5 Å². The van der Waals surface area contributed by atoms with Crippen LogP contribution in [0.1, 0.15) is 35.2 Å². The van der Waals surface area contributed by atoms with Crippen molar-refractivity contribution in [2.75, 3.05) is 36.4 Å². The maximum absolute atomic E-state index is 12.8. The second kappa shape index (κ2) is 8.52. The van der Waals surface area contributed by atoms with Gasteiger partial charge in [0.2, 0.25) is 5.91 Å². The molecule has 4 rings (SSSR count). The highest BCUT2D eigenvalue weighted by atomic mass is 16.6. The van der Waals surface area contributed by atoms with E-state index in [1.807, 2.05) is 24.3 Å². The van der Waals surface area contributed by atoms with Gasteiger partial charge >= 0.3 is 0 Å². The number of nitrogens with zero attached hydrogens (tertiary/aromatic N) is 3. The van der Waals surface area contributed by atoms with E-state index < -0.39 is 4.92 Å². The summed E-state index contributed by atoms with van der Waals surface area (Å²) >= 11 is 0. The van der Waals surface area contributed by atoms with Crippen LogP contribution in [0.5, 0.6) is 0 Å². The Labute approximate surface area is 174 Å². The van der Waals surface area contributed by atoms with Gasteiger partial charge in [0.05, 0.1) is 11.5 Å². The van der Waals surface area contributed by atoms with E-state index in [4.69, 9.17) is 0 Å². The van der Waals surface area contributed by atoms with Gasteiger partial charge in [0.25, 0.3) is 11.6 Å². The molecular formula is C22H24N4O4. The largest absolute Gasteiger partial charge is 0.376 e. The zero-order valence-electron chi connectivity index (χ0n) is 16.7. The molecule has 0 aliphatic carbocycles. The molecule has 2 aromatic carbocycles. The van der Waals surface area contributed by atoms with Crippen molar-refractivity contribution in [3.05, 3.63) is 63.7 Å². The van der Waals surface area contributed by atoms with Gasteiger partial charge in [0.15, 0.2) is 0 Å². The molecule has 0 spiro atoms. The molecule has 0 saturated carbocycles. The minimum absolute atomic E-state index is 0.0451. The van der Waals surface area contributed by atoms with Crippen molar-refractivity contribution in [1.29, 1.82) is 0 Å². The Morgan fingerprint density at radius 1 is 1.03 bits per heavy atom. The van der Waals surface area contributed by atoms with Crippen LogP contribution in [-0.2, 0) is 11.2 Å². The number of anilines is 2. The first kappa shape index (κ1) is 19.9. The quantitative estimate of drug-likeness (QED) is 0.605. The molecule has 156 valence electrons. The van der Waals surface area contributed by atoms with Crippen LogP contribution in [0.3, 0.4) is 0 Å². The molecule has 8 heteroatoms. The van der Waals surface area contributed by atoms with E-state index in [0.29, 0.717) is 25.3 Å². The van der Waals surface area contributed by atoms with Gasteiger partial charge in [-0.1, -0.05) is 18.2 Å². The third-order valence-corrected chi connectivity index (χ3v) is 5.67. The lowest BCUT2D eigenvalue weighted by Crippen LogP contribution is -2.39. The Morgan fingerprint density at radius 3 is 2.57 bits per heavy atom. The van der Waals surface area contributed by atoms with Crippen molar-refractivity contribution in [3.8, 4) is 0 Å². The molecule has 0 radical (unpaired) electrons. The van der Waals surface area contributed by atoms with Gasteiger partial charge in [-0.15, -0.1) is 0 Å². The van der Waals surface area contributed by atoms with E-state index in [1.165, 1.54) is 18.2 Å². The van der Waals surface area contributed by atoms with E-state index in [-0.39, 0.29) is 29.6 Å². The fraction of sp³-hybridized carbons (Fsp3) is 0.364. The first-order chi connectivity index (χ1) is 14.5. The van der Waals surface area contributed by atoms with Crippen LogP contribution in [0.4, 0.5) is 17.1 Å². The molecular weight excluding hydrogens is 384 g/mol. The first-order valence-electron chi connectivity index (χ1n) is 10.2. The van der Waals surface area contributed by atoms with Crippen molar-refractivity contribution >= 4 is 28.9 Å². The molecule has 2 aromatic rings. The smallest absolute Gasteiger partial charge is 0.282 e. The summed E-state index contributed by atoms with van der Waals surface area (Å²) in [6.45, 7) is 1.93. The van der Waals surface area contributed by atoms with Gasteiger partial charge in [-0.3, -0.25) is 19.7 Å². The number of nitro groups is 1. The number of aryl methyl sites for hydroxylation is 1. The molecule has 2 heterocycles. The number of rotatable bonds is 5. The molecule has 30 heavy (non-hydrogen) atoms. The standard InChI is InChI=1S/C22H24N4O4/c27-21(25-13-5-7-16-6-1-2-8-19(16)25)15-23-17-9-10-20(26(29)30)18(14-17)22(28)24-11-3-4-12-24/h1-2,6,8-10,14,23H,3-5,7,11-13,15H2. The van der Waals surface area contributed by atoms with Crippen molar-refractivity contribution in [2.24, 2.45) is 0 Å². The molecule has 8 nitrogen and oxygen atoms in total. The molecule has 0 aromatic heterocycles. The number of likely N-dealkylation sites (tertiary alicyclic amines) is 1. The zero-order chi connectivity index (χ0) is 21.1. The summed E-state index contributed by atoms with van der Waals surface area (Å²) in [5.41, 5.74) is 2.45. The lowest BCUT2D eigenvalue weighted by Gasteiger charge is -2.29. The van der Waals surface area contributed by atoms with Crippen LogP contribution < -0.4 is 10.2 Å². The van der Waals surface area contributed by atoms with E-state index >= 15 is 0 Å². The van der Waals surface area contributed by atoms with Crippen molar-refractivity contribution < 1.29 is 14.5 Å². The lowest BCUT2D eigenvalue weighted by atomic mass is 10.0. The Balaban J connectivity index is 1.50. The van der Waals surface area contributed by atoms with E-state index in [2.05, 4.69) is 5.32 Å². The summed E-state index contributed by atoms with van der Waals surface area (Å²) in [5, 5.41) is 14.4. The number of carbonyl (C=O) groups excluding carboxylic acids is 2. The Morgan fingerprint density at radius 2 is 1.80 bits per heavy atom. The Kier molecular flexibility index (Phi) is 5.65. The fourth-order valence-corrected chi connectivity index (χ4v) is 4.13. The average Bonchev–Trinajstić information content (AvgIpc) is 3.31. The van der Waals surface area contributed by atoms with Crippen LogP contribution in [0.25, 0.3) is 0 Å². The zero-order valence-corrected chi connectivity index (χ0v) is 16.7. The Hall–Kier alpha value is -3.42. The van der Waals surface area contributed by atoms with E-state index in [9.17, 15) is 19.7 Å². The summed E-state index contributed by atoms with van der Waals surface area (Å²) < 4.78 is 0. The normalized spacial score (nSPS) is 15.6. The number of benzene rings is 2. The maximum atomic E-state index is 12.8. The predicted molar refractivity (Wildman–Crippen MR) is 114 cm³/mol. The van der Waals surface area contributed by atoms with Crippen molar-refractivity contribution in [2.45, 2.75) is 25.7 Å². The molecule has 0 unspecified atom stereocenters. The molecule has 2 aliphatic heterocycles. The molecule has 1 fully saturated rings. The Bertz CT molecular complexity index is 985. The van der Waals surface area contributed by atoms with Crippen LogP contribution in [0, 0.1) is 10.1 Å². The molecule has 0 bridgehead atoms. The SMILES string of the molecule is O=C(c1cc(NCC(=O)N2CCCc3ccccc32)ccc1[N+](=O)[O-])N1CCCC1. The molecule has 2 aliphatic rings. The summed E-state index contributed by atoms with van der Waals surface area (Å²) in [7, 11) is 0. The van der Waals surface area contributed by atoms with E-state index in [0.717, 1.165) is 36.9 Å². The van der Waals surface area contributed by atoms with Crippen molar-refractivity contribution in [1.82, 2.24) is 4.90 Å². The van der Waals surface area contributed by atoms with Crippen LogP contribution in [-0.4, -0.2) is 47.8 Å². The number of carbonyl (C=O) groups is 2. The molecule has 1 saturated heterocycles. The summed E-state index contributed by atoms with van der Waals surface area (Å²) in [5.74, 6) is -0.410. The summed E-state index contributed by atoms with van der Waals surface area (Å²) in [6.07, 6.45) is 3.68. The monoisotopic (exact) mass is 408 g/mol. The minimum atomic E-state index is -0.539. The average molecular weight is 408 g/mol. The number of nitro benzene ring substituents is 1. The number of hydrogen-bond acceptors (Lipinski definition) is 5.